The number of halogens is 1. The summed E-state index contributed by atoms with van der Waals surface area (Å²) in [7, 11) is 0. The Kier molecular flexibility index (Phi) is 4.61. The molecular weight excluding hydrogens is 246 g/mol. The van der Waals surface area contributed by atoms with Crippen molar-refractivity contribution in [3.63, 3.8) is 0 Å². The van der Waals surface area contributed by atoms with Crippen molar-refractivity contribution in [1.29, 1.82) is 0 Å². The first kappa shape index (κ1) is 13.4. The summed E-state index contributed by atoms with van der Waals surface area (Å²) in [5.41, 5.74) is 0.922. The summed E-state index contributed by atoms with van der Waals surface area (Å²) in [5, 5.41) is 3.99. The van der Waals surface area contributed by atoms with Crippen LogP contribution >= 0.6 is 11.6 Å². The normalized spacial score (nSPS) is 14.6. The molecule has 3 nitrogen and oxygen atoms in total. The second-order valence-corrected chi connectivity index (χ2v) is 4.96. The van der Waals surface area contributed by atoms with E-state index in [-0.39, 0.29) is 0 Å². The van der Waals surface area contributed by atoms with E-state index in [1.807, 2.05) is 18.2 Å². The lowest BCUT2D eigenvalue weighted by molar-refractivity contribution is 0.707. The second kappa shape index (κ2) is 6.21. The monoisotopic (exact) mass is 265 g/mol. The molecule has 0 radical (unpaired) electrons. The third-order valence-electron chi connectivity index (χ3n) is 3.05. The molecule has 1 aromatic rings. The molecule has 0 aliphatic heterocycles. The summed E-state index contributed by atoms with van der Waals surface area (Å²) in [4.78, 5) is 6.98. The summed E-state index contributed by atoms with van der Waals surface area (Å²) < 4.78 is 0. The minimum atomic E-state index is 0.628. The van der Waals surface area contributed by atoms with Gasteiger partial charge >= 0.3 is 0 Å². The van der Waals surface area contributed by atoms with E-state index in [9.17, 15) is 0 Å². The van der Waals surface area contributed by atoms with Crippen molar-refractivity contribution >= 4 is 17.4 Å². The minimum Gasteiger partial charge on any atom is -0.350 e. The van der Waals surface area contributed by atoms with E-state index >= 15 is 0 Å². The number of aromatic nitrogens is 1. The minimum absolute atomic E-state index is 0.628. The van der Waals surface area contributed by atoms with Gasteiger partial charge in [0.2, 0.25) is 0 Å². The number of nitrogens with zero attached hydrogens (tertiary/aromatic N) is 2. The van der Waals surface area contributed by atoms with Crippen molar-refractivity contribution in [3.05, 3.63) is 35.5 Å². The molecule has 1 N–H and O–H groups in total. The maximum Gasteiger partial charge on any atom is 0.129 e. The molecule has 1 heterocycles. The van der Waals surface area contributed by atoms with Crippen LogP contribution in [-0.4, -0.2) is 24.1 Å². The van der Waals surface area contributed by atoms with E-state index in [0.717, 1.165) is 36.2 Å². The van der Waals surface area contributed by atoms with Gasteiger partial charge in [-0.25, -0.2) is 4.98 Å². The number of rotatable bonds is 7. The van der Waals surface area contributed by atoms with E-state index in [1.165, 1.54) is 12.8 Å². The van der Waals surface area contributed by atoms with Crippen molar-refractivity contribution in [1.82, 2.24) is 10.3 Å². The van der Waals surface area contributed by atoms with E-state index in [1.54, 1.807) is 0 Å². The summed E-state index contributed by atoms with van der Waals surface area (Å²) in [6, 6.07) is 4.57. The third-order valence-corrected chi connectivity index (χ3v) is 3.40. The standard InChI is InChI=1S/C14H20ClN3/c1-3-9-18(11-5-6-11)14-8-7-12(15)13(17-14)10-16-4-2/h3,7-8,11,16H,1,4-6,9-10H2,2H3. The number of hydrogen-bond donors (Lipinski definition) is 1. The molecule has 2 rings (SSSR count). The fourth-order valence-electron chi connectivity index (χ4n) is 1.96. The van der Waals surface area contributed by atoms with E-state index in [4.69, 9.17) is 11.6 Å². The molecule has 1 aliphatic rings. The molecule has 0 atom stereocenters. The second-order valence-electron chi connectivity index (χ2n) is 4.55. The largest absolute Gasteiger partial charge is 0.350 e. The SMILES string of the molecule is C=CCN(c1ccc(Cl)c(CNCC)n1)C1CC1. The van der Waals surface area contributed by atoms with E-state index in [0.29, 0.717) is 6.04 Å². The first-order valence-corrected chi connectivity index (χ1v) is 6.87. The summed E-state index contributed by atoms with van der Waals surface area (Å²) in [6.45, 7) is 8.38. The van der Waals surface area contributed by atoms with Crippen LogP contribution in [0.3, 0.4) is 0 Å². The van der Waals surface area contributed by atoms with Gasteiger partial charge in [-0.15, -0.1) is 6.58 Å². The van der Waals surface area contributed by atoms with E-state index in [2.05, 4.69) is 28.7 Å². The zero-order valence-electron chi connectivity index (χ0n) is 10.8. The van der Waals surface area contributed by atoms with Crippen molar-refractivity contribution in [2.24, 2.45) is 0 Å². The molecular formula is C14H20ClN3. The lowest BCUT2D eigenvalue weighted by Crippen LogP contribution is -2.27. The Balaban J connectivity index is 2.18. The predicted molar refractivity (Wildman–Crippen MR) is 77.2 cm³/mol. The van der Waals surface area contributed by atoms with Crippen LogP contribution in [0.4, 0.5) is 5.82 Å². The van der Waals surface area contributed by atoms with Crippen LogP contribution < -0.4 is 10.2 Å². The Morgan fingerprint density at radius 2 is 2.33 bits per heavy atom. The zero-order chi connectivity index (χ0) is 13.0. The maximum atomic E-state index is 6.17. The van der Waals surface area contributed by atoms with Crippen LogP contribution in [0.15, 0.2) is 24.8 Å². The molecule has 1 fully saturated rings. The average Bonchev–Trinajstić information content (AvgIpc) is 3.19. The molecule has 4 heteroatoms. The van der Waals surface area contributed by atoms with Crippen molar-refractivity contribution in [2.45, 2.75) is 32.4 Å². The highest BCUT2D eigenvalue weighted by atomic mass is 35.5. The number of anilines is 1. The molecule has 18 heavy (non-hydrogen) atoms. The van der Waals surface area contributed by atoms with E-state index < -0.39 is 0 Å². The van der Waals surface area contributed by atoms with Crippen LogP contribution in [0.1, 0.15) is 25.5 Å². The molecule has 0 aromatic carbocycles. The van der Waals surface area contributed by atoms with Gasteiger partial charge in [0.25, 0.3) is 0 Å². The van der Waals surface area contributed by atoms with Gasteiger partial charge in [0, 0.05) is 19.1 Å². The Hall–Kier alpha value is -1.06. The van der Waals surface area contributed by atoms with Crippen molar-refractivity contribution < 1.29 is 0 Å². The van der Waals surface area contributed by atoms with Gasteiger partial charge in [-0.3, -0.25) is 0 Å². The first-order chi connectivity index (χ1) is 8.76. The Bertz CT molecular complexity index is 416. The quantitative estimate of drug-likeness (QED) is 0.769. The Morgan fingerprint density at radius 1 is 1.56 bits per heavy atom. The van der Waals surface area contributed by atoms with Crippen LogP contribution in [0, 0.1) is 0 Å². The van der Waals surface area contributed by atoms with Crippen molar-refractivity contribution in [3.8, 4) is 0 Å². The van der Waals surface area contributed by atoms with Crippen LogP contribution in [-0.2, 0) is 6.54 Å². The molecule has 0 spiro atoms. The fourth-order valence-corrected chi connectivity index (χ4v) is 2.13. The summed E-state index contributed by atoms with van der Waals surface area (Å²) in [6.07, 6.45) is 4.43. The number of pyridine rings is 1. The van der Waals surface area contributed by atoms with Crippen LogP contribution in [0.5, 0.6) is 0 Å². The highest BCUT2D eigenvalue weighted by Crippen LogP contribution is 2.31. The molecule has 98 valence electrons. The molecule has 0 unspecified atom stereocenters. The predicted octanol–water partition coefficient (Wildman–Crippen LogP) is 3.00. The van der Waals surface area contributed by atoms with Gasteiger partial charge in [-0.2, -0.15) is 0 Å². The maximum absolute atomic E-state index is 6.17. The molecule has 1 aromatic heterocycles. The van der Waals surface area contributed by atoms with Gasteiger partial charge in [-0.1, -0.05) is 24.6 Å². The summed E-state index contributed by atoms with van der Waals surface area (Å²) >= 11 is 6.17. The third kappa shape index (κ3) is 3.24. The van der Waals surface area contributed by atoms with Gasteiger partial charge in [0.1, 0.15) is 5.82 Å². The molecule has 1 aliphatic carbocycles. The smallest absolute Gasteiger partial charge is 0.129 e. The average molecular weight is 266 g/mol. The van der Waals surface area contributed by atoms with Crippen molar-refractivity contribution in [2.75, 3.05) is 18.0 Å². The van der Waals surface area contributed by atoms with Gasteiger partial charge in [0.15, 0.2) is 0 Å². The molecule has 0 bridgehead atoms. The fraction of sp³-hybridized carbons (Fsp3) is 0.500. The van der Waals surface area contributed by atoms with Gasteiger partial charge < -0.3 is 10.2 Å². The molecule has 0 saturated heterocycles. The Morgan fingerprint density at radius 3 is 2.94 bits per heavy atom. The molecule has 1 saturated carbocycles. The lowest BCUT2D eigenvalue weighted by Gasteiger charge is -2.22. The highest BCUT2D eigenvalue weighted by molar-refractivity contribution is 6.31. The van der Waals surface area contributed by atoms with Gasteiger partial charge in [0.05, 0.1) is 10.7 Å². The van der Waals surface area contributed by atoms with Gasteiger partial charge in [-0.05, 0) is 31.5 Å². The molecule has 0 amide bonds. The lowest BCUT2D eigenvalue weighted by atomic mass is 10.3. The number of nitrogens with one attached hydrogen (secondary N) is 1. The first-order valence-electron chi connectivity index (χ1n) is 6.50. The highest BCUT2D eigenvalue weighted by Gasteiger charge is 2.29. The topological polar surface area (TPSA) is 28.2 Å². The van der Waals surface area contributed by atoms with Crippen LogP contribution in [0.25, 0.3) is 0 Å². The Labute approximate surface area is 114 Å². The zero-order valence-corrected chi connectivity index (χ0v) is 11.6. The summed E-state index contributed by atoms with van der Waals surface area (Å²) in [5.74, 6) is 1.01. The number of hydrogen-bond acceptors (Lipinski definition) is 3. The van der Waals surface area contributed by atoms with Crippen LogP contribution in [0.2, 0.25) is 5.02 Å².